The van der Waals surface area contributed by atoms with E-state index in [2.05, 4.69) is 20.3 Å². The average Bonchev–Trinajstić information content (AvgIpc) is 2.30. The number of hydrogen-bond acceptors (Lipinski definition) is 4. The number of aromatic nitrogens is 3. The number of rotatable bonds is 2. The quantitative estimate of drug-likeness (QED) is 0.843. The maximum Gasteiger partial charge on any atom is 0.181 e. The molecule has 1 N–H and O–H groups in total. The Kier molecular flexibility index (Phi) is 2.78. The van der Waals surface area contributed by atoms with Gasteiger partial charge in [0.25, 0.3) is 0 Å². The van der Waals surface area contributed by atoms with Crippen molar-refractivity contribution in [1.82, 2.24) is 15.0 Å². The topological polar surface area (TPSA) is 50.7 Å². The van der Waals surface area contributed by atoms with Crippen LogP contribution in [0.5, 0.6) is 0 Å². The molecule has 0 aliphatic carbocycles. The summed E-state index contributed by atoms with van der Waals surface area (Å²) in [5, 5.41) is 3.48. The van der Waals surface area contributed by atoms with Crippen LogP contribution < -0.4 is 5.32 Å². The third kappa shape index (κ3) is 2.05. The fourth-order valence-electron chi connectivity index (χ4n) is 1.16. The smallest absolute Gasteiger partial charge is 0.181 e. The van der Waals surface area contributed by atoms with E-state index in [9.17, 15) is 0 Å². The first-order chi connectivity index (χ1) is 7.31. The zero-order valence-corrected chi connectivity index (χ0v) is 8.86. The lowest BCUT2D eigenvalue weighted by Gasteiger charge is -2.03. The predicted molar refractivity (Wildman–Crippen MR) is 59.8 cm³/mol. The Morgan fingerprint density at radius 2 is 2.07 bits per heavy atom. The molecule has 2 aromatic heterocycles. The van der Waals surface area contributed by atoms with E-state index in [0.29, 0.717) is 16.5 Å². The monoisotopic (exact) mass is 220 g/mol. The Bertz CT molecular complexity index is 472. The average molecular weight is 221 g/mol. The third-order valence-corrected chi connectivity index (χ3v) is 2.19. The minimum absolute atomic E-state index is 0.521. The maximum atomic E-state index is 5.99. The molecule has 0 amide bonds. The minimum atomic E-state index is 0.521. The Hall–Kier alpha value is -1.68. The van der Waals surface area contributed by atoms with E-state index in [0.717, 1.165) is 5.82 Å². The lowest BCUT2D eigenvalue weighted by molar-refractivity contribution is 1.13. The standard InChI is InChI=1S/C10H9ClN4/c1-12-8-4-6-14-10(15-8)9-7(11)3-2-5-13-9/h2-6H,1H3,(H,12,14,15). The molecule has 0 bridgehead atoms. The van der Waals surface area contributed by atoms with Crippen LogP contribution in [-0.2, 0) is 0 Å². The zero-order valence-electron chi connectivity index (χ0n) is 8.11. The lowest BCUT2D eigenvalue weighted by Crippen LogP contribution is -1.97. The van der Waals surface area contributed by atoms with Gasteiger partial charge in [0.2, 0.25) is 0 Å². The van der Waals surface area contributed by atoms with Gasteiger partial charge in [-0.15, -0.1) is 0 Å². The first kappa shape index (κ1) is 9.86. The number of nitrogens with one attached hydrogen (secondary N) is 1. The lowest BCUT2D eigenvalue weighted by atomic mass is 10.3. The summed E-state index contributed by atoms with van der Waals surface area (Å²) in [5.41, 5.74) is 0.594. The molecule has 0 spiro atoms. The van der Waals surface area contributed by atoms with Crippen LogP contribution in [0.15, 0.2) is 30.6 Å². The molecular weight excluding hydrogens is 212 g/mol. The Labute approximate surface area is 92.4 Å². The third-order valence-electron chi connectivity index (χ3n) is 1.88. The van der Waals surface area contributed by atoms with Crippen molar-refractivity contribution < 1.29 is 0 Å². The second-order valence-corrected chi connectivity index (χ2v) is 3.26. The van der Waals surface area contributed by atoms with E-state index >= 15 is 0 Å². The van der Waals surface area contributed by atoms with Crippen LogP contribution in [0.4, 0.5) is 5.82 Å². The molecule has 0 aliphatic rings. The van der Waals surface area contributed by atoms with Gasteiger partial charge >= 0.3 is 0 Å². The van der Waals surface area contributed by atoms with E-state index in [1.54, 1.807) is 37.6 Å². The van der Waals surface area contributed by atoms with Gasteiger partial charge in [0.1, 0.15) is 11.5 Å². The van der Waals surface area contributed by atoms with Crippen LogP contribution in [0, 0.1) is 0 Å². The van der Waals surface area contributed by atoms with Gasteiger partial charge in [-0.25, -0.2) is 9.97 Å². The van der Waals surface area contributed by atoms with Gasteiger partial charge in [0, 0.05) is 19.4 Å². The van der Waals surface area contributed by atoms with Gasteiger partial charge in [-0.2, -0.15) is 0 Å². The van der Waals surface area contributed by atoms with Gasteiger partial charge in [-0.05, 0) is 18.2 Å². The summed E-state index contributed by atoms with van der Waals surface area (Å²) in [7, 11) is 1.80. The normalized spacial score (nSPS) is 10.0. The summed E-state index contributed by atoms with van der Waals surface area (Å²) < 4.78 is 0. The first-order valence-electron chi connectivity index (χ1n) is 4.43. The van der Waals surface area contributed by atoms with Crippen molar-refractivity contribution in [2.45, 2.75) is 0 Å². The zero-order chi connectivity index (χ0) is 10.7. The molecule has 2 heterocycles. The molecule has 0 unspecified atom stereocenters. The number of hydrogen-bond donors (Lipinski definition) is 1. The van der Waals surface area contributed by atoms with Crippen molar-refractivity contribution in [2.24, 2.45) is 0 Å². The predicted octanol–water partition coefficient (Wildman–Crippen LogP) is 2.23. The molecule has 5 heteroatoms. The highest BCUT2D eigenvalue weighted by Gasteiger charge is 2.07. The molecule has 0 aliphatic heterocycles. The van der Waals surface area contributed by atoms with E-state index in [1.807, 2.05) is 0 Å². The molecule has 15 heavy (non-hydrogen) atoms. The summed E-state index contributed by atoms with van der Waals surface area (Å²) in [6.45, 7) is 0. The van der Waals surface area contributed by atoms with Gasteiger partial charge in [-0.1, -0.05) is 11.6 Å². The van der Waals surface area contributed by atoms with Gasteiger partial charge in [0.05, 0.1) is 5.02 Å². The molecule has 0 saturated heterocycles. The Morgan fingerprint density at radius 3 is 2.80 bits per heavy atom. The molecule has 0 atom stereocenters. The summed E-state index contributed by atoms with van der Waals surface area (Å²) in [6.07, 6.45) is 3.33. The highest BCUT2D eigenvalue weighted by molar-refractivity contribution is 6.32. The number of halogens is 1. The maximum absolute atomic E-state index is 5.99. The highest BCUT2D eigenvalue weighted by Crippen LogP contribution is 2.22. The molecule has 2 aromatic rings. The van der Waals surface area contributed by atoms with Crippen LogP contribution >= 0.6 is 11.6 Å². The second kappa shape index (κ2) is 4.23. The number of anilines is 1. The van der Waals surface area contributed by atoms with Crippen molar-refractivity contribution in [2.75, 3.05) is 12.4 Å². The molecule has 0 radical (unpaired) electrons. The molecule has 2 rings (SSSR count). The van der Waals surface area contributed by atoms with E-state index in [1.165, 1.54) is 0 Å². The molecule has 0 fully saturated rings. The number of pyridine rings is 1. The van der Waals surface area contributed by atoms with Crippen LogP contribution in [0.3, 0.4) is 0 Å². The molecule has 0 aromatic carbocycles. The van der Waals surface area contributed by atoms with E-state index in [-0.39, 0.29) is 0 Å². The van der Waals surface area contributed by atoms with E-state index < -0.39 is 0 Å². The van der Waals surface area contributed by atoms with Crippen molar-refractivity contribution in [3.8, 4) is 11.5 Å². The fraction of sp³-hybridized carbons (Fsp3) is 0.100. The van der Waals surface area contributed by atoms with Crippen molar-refractivity contribution in [3.05, 3.63) is 35.6 Å². The van der Waals surface area contributed by atoms with Crippen LogP contribution in [0.25, 0.3) is 11.5 Å². The van der Waals surface area contributed by atoms with E-state index in [4.69, 9.17) is 11.6 Å². The molecule has 0 saturated carbocycles. The Balaban J connectivity index is 2.49. The first-order valence-corrected chi connectivity index (χ1v) is 4.81. The highest BCUT2D eigenvalue weighted by atomic mass is 35.5. The molecule has 4 nitrogen and oxygen atoms in total. The van der Waals surface area contributed by atoms with Gasteiger partial charge in [-0.3, -0.25) is 4.98 Å². The van der Waals surface area contributed by atoms with Gasteiger partial charge < -0.3 is 5.32 Å². The molecule has 76 valence electrons. The fourth-order valence-corrected chi connectivity index (χ4v) is 1.37. The summed E-state index contributed by atoms with van der Waals surface area (Å²) in [5.74, 6) is 1.26. The van der Waals surface area contributed by atoms with Crippen molar-refractivity contribution in [3.63, 3.8) is 0 Å². The summed E-state index contributed by atoms with van der Waals surface area (Å²) in [4.78, 5) is 12.5. The Morgan fingerprint density at radius 1 is 1.20 bits per heavy atom. The van der Waals surface area contributed by atoms with Crippen molar-refractivity contribution >= 4 is 17.4 Å². The van der Waals surface area contributed by atoms with Crippen molar-refractivity contribution in [1.29, 1.82) is 0 Å². The van der Waals surface area contributed by atoms with Gasteiger partial charge in [0.15, 0.2) is 5.82 Å². The SMILES string of the molecule is CNc1ccnc(-c2ncccc2Cl)n1. The van der Waals surface area contributed by atoms with Crippen LogP contribution in [-0.4, -0.2) is 22.0 Å². The number of nitrogens with zero attached hydrogens (tertiary/aromatic N) is 3. The minimum Gasteiger partial charge on any atom is -0.373 e. The van der Waals surface area contributed by atoms with Crippen LogP contribution in [0.1, 0.15) is 0 Å². The summed E-state index contributed by atoms with van der Waals surface area (Å²) >= 11 is 5.99. The largest absolute Gasteiger partial charge is 0.373 e. The second-order valence-electron chi connectivity index (χ2n) is 2.85. The van der Waals surface area contributed by atoms with Crippen LogP contribution in [0.2, 0.25) is 5.02 Å². The molecular formula is C10H9ClN4. The summed E-state index contributed by atoms with van der Waals surface area (Å²) in [6, 6.07) is 5.31.